The SMILES string of the molecule is Cc1cc(CNc2ccnc(N(C)C)n2)on1. The first-order chi connectivity index (χ1) is 8.15. The Bertz CT molecular complexity index is 494. The van der Waals surface area contributed by atoms with Gasteiger partial charge in [0.15, 0.2) is 5.76 Å². The van der Waals surface area contributed by atoms with Crippen LogP contribution in [0.2, 0.25) is 0 Å². The molecule has 0 saturated carbocycles. The molecular formula is C11H15N5O. The smallest absolute Gasteiger partial charge is 0.226 e. The minimum absolute atomic E-state index is 0.560. The van der Waals surface area contributed by atoms with Crippen LogP contribution in [0, 0.1) is 6.92 Å². The lowest BCUT2D eigenvalue weighted by Gasteiger charge is -2.10. The monoisotopic (exact) mass is 233 g/mol. The summed E-state index contributed by atoms with van der Waals surface area (Å²) in [6, 6.07) is 3.71. The van der Waals surface area contributed by atoms with Gasteiger partial charge < -0.3 is 14.7 Å². The Morgan fingerprint density at radius 2 is 2.24 bits per heavy atom. The van der Waals surface area contributed by atoms with Gasteiger partial charge in [-0.05, 0) is 13.0 Å². The van der Waals surface area contributed by atoms with Crippen molar-refractivity contribution in [1.29, 1.82) is 0 Å². The van der Waals surface area contributed by atoms with E-state index in [2.05, 4.69) is 20.4 Å². The molecule has 0 atom stereocenters. The van der Waals surface area contributed by atoms with Crippen LogP contribution in [0.1, 0.15) is 11.5 Å². The summed E-state index contributed by atoms with van der Waals surface area (Å²) < 4.78 is 5.10. The van der Waals surface area contributed by atoms with E-state index in [1.807, 2.05) is 38.1 Å². The number of aryl methyl sites for hydroxylation is 1. The van der Waals surface area contributed by atoms with E-state index in [9.17, 15) is 0 Å². The van der Waals surface area contributed by atoms with E-state index in [0.29, 0.717) is 12.5 Å². The second-order valence-electron chi connectivity index (χ2n) is 3.92. The van der Waals surface area contributed by atoms with Crippen LogP contribution in [0.3, 0.4) is 0 Å². The molecule has 0 aliphatic heterocycles. The lowest BCUT2D eigenvalue weighted by Crippen LogP contribution is -2.13. The summed E-state index contributed by atoms with van der Waals surface area (Å²) in [5.74, 6) is 2.22. The summed E-state index contributed by atoms with van der Waals surface area (Å²) in [5.41, 5.74) is 0.874. The quantitative estimate of drug-likeness (QED) is 0.862. The lowest BCUT2D eigenvalue weighted by molar-refractivity contribution is 0.384. The van der Waals surface area contributed by atoms with Crippen molar-refractivity contribution < 1.29 is 4.52 Å². The van der Waals surface area contributed by atoms with Gasteiger partial charge in [0.25, 0.3) is 0 Å². The molecule has 0 fully saturated rings. The molecule has 0 unspecified atom stereocenters. The number of hydrogen-bond acceptors (Lipinski definition) is 6. The maximum absolute atomic E-state index is 5.10. The van der Waals surface area contributed by atoms with E-state index < -0.39 is 0 Å². The Morgan fingerprint density at radius 3 is 2.88 bits per heavy atom. The van der Waals surface area contributed by atoms with E-state index in [-0.39, 0.29) is 0 Å². The van der Waals surface area contributed by atoms with Crippen LogP contribution < -0.4 is 10.2 Å². The summed E-state index contributed by atoms with van der Waals surface area (Å²) in [6.07, 6.45) is 1.72. The third-order valence-electron chi connectivity index (χ3n) is 2.16. The predicted molar refractivity (Wildman–Crippen MR) is 64.9 cm³/mol. The third-order valence-corrected chi connectivity index (χ3v) is 2.16. The number of nitrogens with one attached hydrogen (secondary N) is 1. The average molecular weight is 233 g/mol. The first-order valence-electron chi connectivity index (χ1n) is 5.31. The zero-order chi connectivity index (χ0) is 12.3. The summed E-state index contributed by atoms with van der Waals surface area (Å²) in [5, 5.41) is 6.98. The minimum atomic E-state index is 0.560. The van der Waals surface area contributed by atoms with Gasteiger partial charge in [0.1, 0.15) is 5.82 Å². The number of nitrogens with zero attached hydrogens (tertiary/aromatic N) is 4. The van der Waals surface area contributed by atoms with Crippen LogP contribution in [0.5, 0.6) is 0 Å². The lowest BCUT2D eigenvalue weighted by atomic mass is 10.4. The zero-order valence-electron chi connectivity index (χ0n) is 10.1. The highest BCUT2D eigenvalue weighted by molar-refractivity contribution is 5.40. The standard InChI is InChI=1S/C11H15N5O/c1-8-6-9(17-15-8)7-13-10-4-5-12-11(14-10)16(2)3/h4-6H,7H2,1-3H3,(H,12,13,14). The van der Waals surface area contributed by atoms with E-state index >= 15 is 0 Å². The van der Waals surface area contributed by atoms with Gasteiger partial charge in [0, 0.05) is 26.4 Å². The maximum atomic E-state index is 5.10. The molecule has 2 heterocycles. The molecule has 1 N–H and O–H groups in total. The van der Waals surface area contributed by atoms with E-state index in [4.69, 9.17) is 4.52 Å². The minimum Gasteiger partial charge on any atom is -0.363 e. The topological polar surface area (TPSA) is 67.1 Å². The van der Waals surface area contributed by atoms with Crippen molar-refractivity contribution in [1.82, 2.24) is 15.1 Å². The van der Waals surface area contributed by atoms with Crippen LogP contribution in [-0.4, -0.2) is 29.2 Å². The van der Waals surface area contributed by atoms with Crippen LogP contribution in [0.15, 0.2) is 22.9 Å². The van der Waals surface area contributed by atoms with Crippen LogP contribution in [0.4, 0.5) is 11.8 Å². The number of hydrogen-bond donors (Lipinski definition) is 1. The Hall–Kier alpha value is -2.11. The zero-order valence-corrected chi connectivity index (χ0v) is 10.1. The molecule has 0 bridgehead atoms. The molecule has 2 rings (SSSR count). The van der Waals surface area contributed by atoms with Crippen LogP contribution in [-0.2, 0) is 6.54 Å². The van der Waals surface area contributed by atoms with Gasteiger partial charge in [-0.15, -0.1) is 0 Å². The van der Waals surface area contributed by atoms with Crippen molar-refractivity contribution in [3.8, 4) is 0 Å². The van der Waals surface area contributed by atoms with E-state index in [1.54, 1.807) is 6.20 Å². The van der Waals surface area contributed by atoms with Gasteiger partial charge in [0.2, 0.25) is 5.95 Å². The summed E-state index contributed by atoms with van der Waals surface area (Å²) >= 11 is 0. The Labute approximate surface area is 99.7 Å². The molecule has 0 aliphatic rings. The van der Waals surface area contributed by atoms with Crippen molar-refractivity contribution in [3.63, 3.8) is 0 Å². The second kappa shape index (κ2) is 4.82. The molecule has 0 amide bonds. The van der Waals surface area contributed by atoms with Gasteiger partial charge in [0.05, 0.1) is 12.2 Å². The molecule has 0 radical (unpaired) electrons. The first kappa shape index (κ1) is 11.4. The van der Waals surface area contributed by atoms with Gasteiger partial charge >= 0.3 is 0 Å². The fraction of sp³-hybridized carbons (Fsp3) is 0.364. The van der Waals surface area contributed by atoms with Crippen LogP contribution >= 0.6 is 0 Å². The number of anilines is 2. The number of aromatic nitrogens is 3. The molecule has 6 heteroatoms. The van der Waals surface area contributed by atoms with Crippen molar-refractivity contribution in [3.05, 3.63) is 29.8 Å². The van der Waals surface area contributed by atoms with Crippen molar-refractivity contribution >= 4 is 11.8 Å². The summed E-state index contributed by atoms with van der Waals surface area (Å²) in [7, 11) is 3.80. The van der Waals surface area contributed by atoms with Crippen molar-refractivity contribution in [2.75, 3.05) is 24.3 Å². The number of rotatable bonds is 4. The third kappa shape index (κ3) is 2.93. The highest BCUT2D eigenvalue weighted by Gasteiger charge is 2.03. The molecule has 2 aromatic heterocycles. The van der Waals surface area contributed by atoms with Gasteiger partial charge in [-0.25, -0.2) is 4.98 Å². The summed E-state index contributed by atoms with van der Waals surface area (Å²) in [4.78, 5) is 10.3. The molecule has 0 saturated heterocycles. The molecule has 90 valence electrons. The van der Waals surface area contributed by atoms with Gasteiger partial charge in [-0.2, -0.15) is 4.98 Å². The Balaban J connectivity index is 2.01. The van der Waals surface area contributed by atoms with E-state index in [0.717, 1.165) is 17.3 Å². The van der Waals surface area contributed by atoms with Crippen LogP contribution in [0.25, 0.3) is 0 Å². The second-order valence-corrected chi connectivity index (χ2v) is 3.92. The van der Waals surface area contributed by atoms with Crippen molar-refractivity contribution in [2.45, 2.75) is 13.5 Å². The van der Waals surface area contributed by atoms with Gasteiger partial charge in [-0.1, -0.05) is 5.16 Å². The Morgan fingerprint density at radius 1 is 1.41 bits per heavy atom. The molecule has 2 aromatic rings. The Kier molecular flexibility index (Phi) is 3.22. The van der Waals surface area contributed by atoms with Crippen molar-refractivity contribution in [2.24, 2.45) is 0 Å². The molecule has 17 heavy (non-hydrogen) atoms. The average Bonchev–Trinajstić information content (AvgIpc) is 2.73. The normalized spacial score (nSPS) is 10.3. The fourth-order valence-corrected chi connectivity index (χ4v) is 1.34. The predicted octanol–water partition coefficient (Wildman–Crippen LogP) is 1.45. The molecule has 6 nitrogen and oxygen atoms in total. The molecule has 0 aromatic carbocycles. The highest BCUT2D eigenvalue weighted by atomic mass is 16.5. The largest absolute Gasteiger partial charge is 0.363 e. The molecule has 0 aliphatic carbocycles. The molecule has 0 spiro atoms. The summed E-state index contributed by atoms with van der Waals surface area (Å²) in [6.45, 7) is 2.45. The maximum Gasteiger partial charge on any atom is 0.226 e. The highest BCUT2D eigenvalue weighted by Crippen LogP contribution is 2.10. The van der Waals surface area contributed by atoms with Gasteiger partial charge in [-0.3, -0.25) is 0 Å². The fourth-order valence-electron chi connectivity index (χ4n) is 1.34. The molecular weight excluding hydrogens is 218 g/mol. The van der Waals surface area contributed by atoms with E-state index in [1.165, 1.54) is 0 Å². The first-order valence-corrected chi connectivity index (χ1v) is 5.31.